The van der Waals surface area contributed by atoms with Gasteiger partial charge in [-0.2, -0.15) is 0 Å². The number of phenolic OH excluding ortho intramolecular Hbond substituents is 1. The second-order valence-electron chi connectivity index (χ2n) is 5.23. The molecule has 106 valence electrons. The van der Waals surface area contributed by atoms with Gasteiger partial charge in [-0.3, -0.25) is 0 Å². The minimum Gasteiger partial charge on any atom is -0.508 e. The lowest BCUT2D eigenvalue weighted by Crippen LogP contribution is -2.22. The quantitative estimate of drug-likeness (QED) is 0.872. The maximum Gasteiger partial charge on any atom is 0.123 e. The van der Waals surface area contributed by atoms with E-state index in [-0.39, 0.29) is 23.7 Å². The second kappa shape index (κ2) is 6.06. The molecule has 0 amide bonds. The number of hydrogen-bond donors (Lipinski definition) is 2. The van der Waals surface area contributed by atoms with Crippen molar-refractivity contribution in [2.24, 2.45) is 0 Å². The summed E-state index contributed by atoms with van der Waals surface area (Å²) in [6.07, 6.45) is 0. The molecule has 2 nitrogen and oxygen atoms in total. The molecule has 0 spiro atoms. The number of hydrogen-bond acceptors (Lipinski definition) is 2. The SMILES string of the molecule is Cc1ccc(O)c(C(C)NC(C)c2cccc(F)c2)c1. The van der Waals surface area contributed by atoms with Gasteiger partial charge >= 0.3 is 0 Å². The van der Waals surface area contributed by atoms with Crippen LogP contribution in [-0.2, 0) is 0 Å². The molecule has 2 aromatic rings. The second-order valence-corrected chi connectivity index (χ2v) is 5.23. The molecule has 2 aromatic carbocycles. The van der Waals surface area contributed by atoms with Crippen molar-refractivity contribution >= 4 is 0 Å². The van der Waals surface area contributed by atoms with Crippen molar-refractivity contribution in [1.82, 2.24) is 5.32 Å². The molecule has 0 bridgehead atoms. The van der Waals surface area contributed by atoms with Crippen LogP contribution in [0.15, 0.2) is 42.5 Å². The van der Waals surface area contributed by atoms with Gasteiger partial charge in [0.25, 0.3) is 0 Å². The third kappa shape index (κ3) is 3.36. The zero-order valence-electron chi connectivity index (χ0n) is 12.0. The first-order valence-corrected chi connectivity index (χ1v) is 6.78. The largest absolute Gasteiger partial charge is 0.508 e. The molecule has 2 rings (SSSR count). The highest BCUT2D eigenvalue weighted by molar-refractivity contribution is 5.38. The number of nitrogens with one attached hydrogen (secondary N) is 1. The smallest absolute Gasteiger partial charge is 0.123 e. The lowest BCUT2D eigenvalue weighted by Gasteiger charge is -2.22. The van der Waals surface area contributed by atoms with Gasteiger partial charge in [0.05, 0.1) is 0 Å². The number of benzene rings is 2. The van der Waals surface area contributed by atoms with E-state index in [1.807, 2.05) is 39.0 Å². The van der Waals surface area contributed by atoms with Gasteiger partial charge < -0.3 is 10.4 Å². The van der Waals surface area contributed by atoms with Crippen LogP contribution in [0.3, 0.4) is 0 Å². The van der Waals surface area contributed by atoms with Crippen LogP contribution >= 0.6 is 0 Å². The molecule has 0 radical (unpaired) electrons. The van der Waals surface area contributed by atoms with Crippen LogP contribution in [0.4, 0.5) is 4.39 Å². The Hall–Kier alpha value is -1.87. The third-order valence-corrected chi connectivity index (χ3v) is 3.50. The van der Waals surface area contributed by atoms with E-state index in [1.165, 1.54) is 12.1 Å². The topological polar surface area (TPSA) is 32.3 Å². The zero-order chi connectivity index (χ0) is 14.7. The Kier molecular flexibility index (Phi) is 4.40. The Bertz CT molecular complexity index is 597. The third-order valence-electron chi connectivity index (χ3n) is 3.50. The number of rotatable bonds is 4. The van der Waals surface area contributed by atoms with Crippen LogP contribution in [0.25, 0.3) is 0 Å². The molecule has 0 fully saturated rings. The highest BCUT2D eigenvalue weighted by Gasteiger charge is 2.14. The predicted octanol–water partition coefficient (Wildman–Crippen LogP) is 4.25. The summed E-state index contributed by atoms with van der Waals surface area (Å²) >= 11 is 0. The van der Waals surface area contributed by atoms with Gasteiger partial charge in [0, 0.05) is 17.6 Å². The van der Waals surface area contributed by atoms with E-state index in [0.717, 1.165) is 16.7 Å². The van der Waals surface area contributed by atoms with Crippen molar-refractivity contribution in [2.45, 2.75) is 32.9 Å². The summed E-state index contributed by atoms with van der Waals surface area (Å²) in [4.78, 5) is 0. The zero-order valence-corrected chi connectivity index (χ0v) is 12.0. The van der Waals surface area contributed by atoms with Gasteiger partial charge in [0.2, 0.25) is 0 Å². The standard InChI is InChI=1S/C17H20FNO/c1-11-7-8-17(20)16(9-11)13(3)19-12(2)14-5-4-6-15(18)10-14/h4-10,12-13,19-20H,1-3H3. The Labute approximate surface area is 119 Å². The van der Waals surface area contributed by atoms with E-state index in [2.05, 4.69) is 5.32 Å². The molecule has 0 saturated heterocycles. The lowest BCUT2D eigenvalue weighted by atomic mass is 10.0. The van der Waals surface area contributed by atoms with E-state index in [9.17, 15) is 9.50 Å². The fraction of sp³-hybridized carbons (Fsp3) is 0.294. The Morgan fingerprint density at radius 3 is 2.50 bits per heavy atom. The summed E-state index contributed by atoms with van der Waals surface area (Å²) in [6.45, 7) is 5.97. The van der Waals surface area contributed by atoms with Gasteiger partial charge in [0.1, 0.15) is 11.6 Å². The number of phenols is 1. The monoisotopic (exact) mass is 273 g/mol. The van der Waals surface area contributed by atoms with Crippen molar-refractivity contribution in [3.8, 4) is 5.75 Å². The lowest BCUT2D eigenvalue weighted by molar-refractivity contribution is 0.437. The average Bonchev–Trinajstić information content (AvgIpc) is 2.41. The van der Waals surface area contributed by atoms with E-state index in [1.54, 1.807) is 12.1 Å². The first kappa shape index (κ1) is 14.5. The van der Waals surface area contributed by atoms with Gasteiger partial charge in [-0.25, -0.2) is 4.39 Å². The first-order chi connectivity index (χ1) is 9.47. The average molecular weight is 273 g/mol. The Balaban J connectivity index is 2.15. The van der Waals surface area contributed by atoms with E-state index in [0.29, 0.717) is 0 Å². The van der Waals surface area contributed by atoms with Crippen molar-refractivity contribution < 1.29 is 9.50 Å². The summed E-state index contributed by atoms with van der Waals surface area (Å²) < 4.78 is 13.2. The van der Waals surface area contributed by atoms with E-state index >= 15 is 0 Å². The van der Waals surface area contributed by atoms with Gasteiger partial charge in [-0.1, -0.05) is 29.8 Å². The molecule has 2 atom stereocenters. The Morgan fingerprint density at radius 2 is 1.80 bits per heavy atom. The number of halogens is 1. The fourth-order valence-corrected chi connectivity index (χ4v) is 2.36. The number of aryl methyl sites for hydroxylation is 1. The van der Waals surface area contributed by atoms with Gasteiger partial charge in [-0.15, -0.1) is 0 Å². The maximum absolute atomic E-state index is 13.2. The number of aromatic hydroxyl groups is 1. The van der Waals surface area contributed by atoms with Crippen molar-refractivity contribution in [2.75, 3.05) is 0 Å². The predicted molar refractivity (Wildman–Crippen MR) is 79.2 cm³/mol. The minimum absolute atomic E-state index is 0.000567. The van der Waals surface area contributed by atoms with Crippen LogP contribution in [0, 0.1) is 12.7 Å². The molecule has 0 aromatic heterocycles. The summed E-state index contributed by atoms with van der Waals surface area (Å²) in [5.41, 5.74) is 2.85. The van der Waals surface area contributed by atoms with Crippen LogP contribution in [0.5, 0.6) is 5.75 Å². The van der Waals surface area contributed by atoms with Gasteiger partial charge in [-0.05, 0) is 44.5 Å². The molecule has 3 heteroatoms. The summed E-state index contributed by atoms with van der Waals surface area (Å²) in [5.74, 6) is 0.0456. The molecule has 0 aliphatic carbocycles. The highest BCUT2D eigenvalue weighted by atomic mass is 19.1. The normalized spacial score (nSPS) is 14.0. The maximum atomic E-state index is 13.2. The first-order valence-electron chi connectivity index (χ1n) is 6.78. The minimum atomic E-state index is -0.234. The molecule has 0 saturated carbocycles. The molecule has 0 aliphatic rings. The van der Waals surface area contributed by atoms with Crippen LogP contribution in [0.1, 0.15) is 42.6 Å². The Morgan fingerprint density at radius 1 is 1.05 bits per heavy atom. The molecule has 0 heterocycles. The van der Waals surface area contributed by atoms with Gasteiger partial charge in [0.15, 0.2) is 0 Å². The van der Waals surface area contributed by atoms with Crippen molar-refractivity contribution in [1.29, 1.82) is 0 Å². The van der Waals surface area contributed by atoms with Crippen LogP contribution in [-0.4, -0.2) is 5.11 Å². The molecular formula is C17H20FNO. The molecule has 20 heavy (non-hydrogen) atoms. The van der Waals surface area contributed by atoms with Crippen LogP contribution in [0.2, 0.25) is 0 Å². The van der Waals surface area contributed by atoms with Crippen LogP contribution < -0.4 is 5.32 Å². The highest BCUT2D eigenvalue weighted by Crippen LogP contribution is 2.27. The molecule has 2 unspecified atom stereocenters. The summed E-state index contributed by atoms with van der Waals surface area (Å²) in [6, 6.07) is 12.1. The van der Waals surface area contributed by atoms with E-state index in [4.69, 9.17) is 0 Å². The van der Waals surface area contributed by atoms with E-state index < -0.39 is 0 Å². The fourth-order valence-electron chi connectivity index (χ4n) is 2.36. The molecule has 0 aliphatic heterocycles. The van der Waals surface area contributed by atoms with Crippen molar-refractivity contribution in [3.05, 3.63) is 65.0 Å². The molecule has 2 N–H and O–H groups in total. The van der Waals surface area contributed by atoms with Crippen molar-refractivity contribution in [3.63, 3.8) is 0 Å². The summed E-state index contributed by atoms with van der Waals surface area (Å²) in [7, 11) is 0. The summed E-state index contributed by atoms with van der Waals surface area (Å²) in [5, 5.41) is 13.3. The molecular weight excluding hydrogens is 253 g/mol.